The van der Waals surface area contributed by atoms with E-state index >= 15 is 0 Å². The number of sulfonamides is 1. The van der Waals surface area contributed by atoms with Gasteiger partial charge >= 0.3 is 0 Å². The summed E-state index contributed by atoms with van der Waals surface area (Å²) < 4.78 is 27.2. The maximum atomic E-state index is 12.0. The van der Waals surface area contributed by atoms with E-state index in [4.69, 9.17) is 9.56 Å². The monoisotopic (exact) mass is 316 g/mol. The zero-order valence-electron chi connectivity index (χ0n) is 11.3. The van der Waals surface area contributed by atoms with Gasteiger partial charge in [-0.3, -0.25) is 4.79 Å². The Hall–Kier alpha value is -2.64. The van der Waals surface area contributed by atoms with Crippen LogP contribution in [0.1, 0.15) is 10.6 Å². The number of fused-ring (bicyclic) bond motifs is 1. The fraction of sp³-hybridized carbons (Fsp3) is 0. The molecule has 7 heteroatoms. The molecule has 0 aliphatic heterocycles. The molecule has 0 atom stereocenters. The first-order valence-corrected chi connectivity index (χ1v) is 7.91. The average Bonchev–Trinajstić information content (AvgIpc) is 2.97. The predicted octanol–water partition coefficient (Wildman–Crippen LogP) is 2.33. The zero-order valence-corrected chi connectivity index (χ0v) is 12.1. The van der Waals surface area contributed by atoms with E-state index in [1.54, 1.807) is 6.07 Å². The van der Waals surface area contributed by atoms with Gasteiger partial charge in [0.05, 0.1) is 0 Å². The van der Waals surface area contributed by atoms with Crippen LogP contribution in [-0.4, -0.2) is 14.3 Å². The molecule has 0 unspecified atom stereocenters. The van der Waals surface area contributed by atoms with E-state index in [0.29, 0.717) is 5.69 Å². The van der Waals surface area contributed by atoms with Crippen molar-refractivity contribution in [2.75, 3.05) is 5.32 Å². The van der Waals surface area contributed by atoms with Crippen molar-refractivity contribution < 1.29 is 17.6 Å². The maximum absolute atomic E-state index is 12.0. The van der Waals surface area contributed by atoms with Gasteiger partial charge in [-0.05, 0) is 35.0 Å². The van der Waals surface area contributed by atoms with Crippen LogP contribution in [0.5, 0.6) is 0 Å². The highest BCUT2D eigenvalue weighted by Crippen LogP contribution is 2.20. The quantitative estimate of drug-likeness (QED) is 0.774. The number of rotatable bonds is 3. The Morgan fingerprint density at radius 3 is 2.41 bits per heavy atom. The van der Waals surface area contributed by atoms with Gasteiger partial charge in [0.2, 0.25) is 5.09 Å². The van der Waals surface area contributed by atoms with Crippen molar-refractivity contribution >= 4 is 32.4 Å². The van der Waals surface area contributed by atoms with Crippen molar-refractivity contribution in [2.24, 2.45) is 5.14 Å². The number of nitrogens with two attached hydrogens (primary N) is 1. The summed E-state index contributed by atoms with van der Waals surface area (Å²) in [7, 11) is -3.96. The van der Waals surface area contributed by atoms with Crippen LogP contribution in [0.3, 0.4) is 0 Å². The highest BCUT2D eigenvalue weighted by molar-refractivity contribution is 7.89. The molecule has 3 aromatic rings. The molecule has 0 saturated carbocycles. The lowest BCUT2D eigenvalue weighted by atomic mass is 10.1. The largest absolute Gasteiger partial charge is 0.438 e. The Morgan fingerprint density at radius 2 is 1.73 bits per heavy atom. The van der Waals surface area contributed by atoms with Crippen LogP contribution < -0.4 is 10.5 Å². The van der Waals surface area contributed by atoms with Gasteiger partial charge in [-0.1, -0.05) is 30.3 Å². The number of hydrogen-bond acceptors (Lipinski definition) is 4. The first-order chi connectivity index (χ1) is 10.4. The summed E-state index contributed by atoms with van der Waals surface area (Å²) in [6.07, 6.45) is 0. The van der Waals surface area contributed by atoms with Crippen molar-refractivity contribution in [3.05, 3.63) is 60.4 Å². The van der Waals surface area contributed by atoms with Crippen molar-refractivity contribution in [3.63, 3.8) is 0 Å². The van der Waals surface area contributed by atoms with E-state index in [0.717, 1.165) is 16.8 Å². The number of benzene rings is 2. The third-order valence-corrected chi connectivity index (χ3v) is 3.87. The van der Waals surface area contributed by atoms with Crippen molar-refractivity contribution in [1.82, 2.24) is 0 Å². The standard InChI is InChI=1S/C15H12N2O4S/c16-22(19,20)14-8-7-13(21-14)15(18)17-12-6-5-10-3-1-2-4-11(10)9-12/h1-9H,(H,17,18)(H2,16,19,20). The van der Waals surface area contributed by atoms with Gasteiger partial charge in [0.1, 0.15) is 0 Å². The molecule has 0 aliphatic carbocycles. The fourth-order valence-electron chi connectivity index (χ4n) is 2.05. The number of primary sulfonamides is 1. The second-order valence-corrected chi connectivity index (χ2v) is 6.17. The van der Waals surface area contributed by atoms with E-state index < -0.39 is 21.0 Å². The predicted molar refractivity (Wildman–Crippen MR) is 82.0 cm³/mol. The highest BCUT2D eigenvalue weighted by atomic mass is 32.2. The van der Waals surface area contributed by atoms with Gasteiger partial charge in [0.15, 0.2) is 5.76 Å². The zero-order chi connectivity index (χ0) is 15.7. The third-order valence-electron chi connectivity index (χ3n) is 3.09. The number of hydrogen-bond donors (Lipinski definition) is 2. The molecule has 0 aliphatic rings. The molecule has 1 aromatic heterocycles. The Balaban J connectivity index is 1.85. The number of nitrogens with one attached hydrogen (secondary N) is 1. The van der Waals surface area contributed by atoms with Crippen molar-refractivity contribution in [3.8, 4) is 0 Å². The molecular formula is C15H12N2O4S. The molecule has 0 saturated heterocycles. The molecule has 0 spiro atoms. The summed E-state index contributed by atoms with van der Waals surface area (Å²) in [5.41, 5.74) is 0.581. The molecule has 3 rings (SSSR count). The summed E-state index contributed by atoms with van der Waals surface area (Å²) in [6.45, 7) is 0. The second kappa shape index (κ2) is 5.28. The number of furan rings is 1. The summed E-state index contributed by atoms with van der Waals surface area (Å²) >= 11 is 0. The number of carbonyl (C=O) groups excluding carboxylic acids is 1. The Labute approximate surface area is 126 Å². The molecule has 1 amide bonds. The van der Waals surface area contributed by atoms with Crippen molar-refractivity contribution in [1.29, 1.82) is 0 Å². The molecule has 112 valence electrons. The van der Waals surface area contributed by atoms with E-state index in [2.05, 4.69) is 5.32 Å². The number of carbonyl (C=O) groups is 1. The van der Waals surface area contributed by atoms with Crippen LogP contribution in [0.2, 0.25) is 0 Å². The second-order valence-electron chi connectivity index (χ2n) is 4.68. The van der Waals surface area contributed by atoms with Gasteiger partial charge in [-0.25, -0.2) is 13.6 Å². The fourth-order valence-corrected chi connectivity index (χ4v) is 2.52. The van der Waals surface area contributed by atoms with Crippen LogP contribution in [0.4, 0.5) is 5.69 Å². The average molecular weight is 316 g/mol. The third kappa shape index (κ3) is 2.85. The number of anilines is 1. The van der Waals surface area contributed by atoms with Crippen molar-refractivity contribution in [2.45, 2.75) is 5.09 Å². The van der Waals surface area contributed by atoms with Gasteiger partial charge in [-0.15, -0.1) is 0 Å². The van der Waals surface area contributed by atoms with Gasteiger partial charge in [-0.2, -0.15) is 0 Å². The molecule has 0 bridgehead atoms. The first-order valence-electron chi connectivity index (χ1n) is 6.36. The number of amides is 1. The molecule has 1 heterocycles. The Kier molecular flexibility index (Phi) is 3.44. The molecule has 22 heavy (non-hydrogen) atoms. The summed E-state index contributed by atoms with van der Waals surface area (Å²) in [5, 5.41) is 9.16. The minimum Gasteiger partial charge on any atom is -0.438 e. The minimum absolute atomic E-state index is 0.128. The van der Waals surface area contributed by atoms with E-state index in [9.17, 15) is 13.2 Å². The molecule has 2 aromatic carbocycles. The van der Waals surface area contributed by atoms with Crippen LogP contribution >= 0.6 is 0 Å². The summed E-state index contributed by atoms with van der Waals surface area (Å²) in [4.78, 5) is 12.0. The van der Waals surface area contributed by atoms with E-state index in [1.807, 2.05) is 36.4 Å². The Morgan fingerprint density at radius 1 is 1.00 bits per heavy atom. The van der Waals surface area contributed by atoms with Gasteiger partial charge < -0.3 is 9.73 Å². The van der Waals surface area contributed by atoms with Crippen LogP contribution in [0.15, 0.2) is 64.1 Å². The van der Waals surface area contributed by atoms with E-state index in [-0.39, 0.29) is 5.76 Å². The lowest BCUT2D eigenvalue weighted by Crippen LogP contribution is -2.12. The highest BCUT2D eigenvalue weighted by Gasteiger charge is 2.17. The SMILES string of the molecule is NS(=O)(=O)c1ccc(C(=O)Nc2ccc3ccccc3c2)o1. The summed E-state index contributed by atoms with van der Waals surface area (Å²) in [5.74, 6) is -0.678. The first kappa shape index (κ1) is 14.3. The van der Waals surface area contributed by atoms with Crippen LogP contribution in [0.25, 0.3) is 10.8 Å². The summed E-state index contributed by atoms with van der Waals surface area (Å²) in [6, 6.07) is 15.6. The molecule has 0 fully saturated rings. The lowest BCUT2D eigenvalue weighted by molar-refractivity contribution is 0.0991. The molecule has 3 N–H and O–H groups in total. The lowest BCUT2D eigenvalue weighted by Gasteiger charge is -2.05. The van der Waals surface area contributed by atoms with E-state index in [1.165, 1.54) is 6.07 Å². The van der Waals surface area contributed by atoms with Gasteiger partial charge in [0.25, 0.3) is 15.9 Å². The molecular weight excluding hydrogens is 304 g/mol. The smallest absolute Gasteiger partial charge is 0.291 e. The van der Waals surface area contributed by atoms with Gasteiger partial charge in [0, 0.05) is 5.69 Å². The topological polar surface area (TPSA) is 102 Å². The van der Waals surface area contributed by atoms with Crippen LogP contribution in [-0.2, 0) is 10.0 Å². The Bertz CT molecular complexity index is 960. The normalized spacial score (nSPS) is 11.5. The minimum atomic E-state index is -3.96. The molecule has 6 nitrogen and oxygen atoms in total. The molecule has 0 radical (unpaired) electrons. The maximum Gasteiger partial charge on any atom is 0.291 e. The van der Waals surface area contributed by atoms with Crippen LogP contribution in [0, 0.1) is 0 Å².